The molecule has 3 atom stereocenters. The number of likely N-dealkylation sites (tertiary alicyclic amines) is 1. The lowest BCUT2D eigenvalue weighted by atomic mass is 9.79. The Morgan fingerprint density at radius 3 is 2.42 bits per heavy atom. The number of benzene rings is 1. The molecular weight excluding hydrogens is 300 g/mol. The van der Waals surface area contributed by atoms with Crippen LogP contribution in [-0.4, -0.2) is 42.6 Å². The van der Waals surface area contributed by atoms with Gasteiger partial charge < -0.3 is 15.3 Å². The van der Waals surface area contributed by atoms with Gasteiger partial charge in [0.15, 0.2) is 5.60 Å². The van der Waals surface area contributed by atoms with E-state index in [4.69, 9.17) is 0 Å². The second-order valence-electron chi connectivity index (χ2n) is 7.87. The molecule has 1 aromatic rings. The number of hydrogen-bond donors (Lipinski definition) is 2. The molecule has 1 amide bonds. The average molecular weight is 328 g/mol. The summed E-state index contributed by atoms with van der Waals surface area (Å²) in [6, 6.07) is 9.62. The maximum absolute atomic E-state index is 13.3. The van der Waals surface area contributed by atoms with Gasteiger partial charge in [-0.25, -0.2) is 0 Å². The van der Waals surface area contributed by atoms with Crippen LogP contribution in [-0.2, 0) is 10.4 Å². The fourth-order valence-electron chi connectivity index (χ4n) is 5.16. The number of aliphatic hydroxyl groups is 1. The molecule has 1 aromatic carbocycles. The first-order chi connectivity index (χ1) is 11.7. The highest BCUT2D eigenvalue weighted by molar-refractivity contribution is 5.87. The molecule has 2 unspecified atom stereocenters. The lowest BCUT2D eigenvalue weighted by molar-refractivity contribution is -0.159. The van der Waals surface area contributed by atoms with Gasteiger partial charge in [-0.05, 0) is 49.8 Å². The van der Waals surface area contributed by atoms with Crippen LogP contribution in [0.5, 0.6) is 0 Å². The highest BCUT2D eigenvalue weighted by Gasteiger charge is 2.58. The van der Waals surface area contributed by atoms with Crippen molar-refractivity contribution in [3.8, 4) is 0 Å². The summed E-state index contributed by atoms with van der Waals surface area (Å²) in [7, 11) is 1.99. The zero-order valence-corrected chi connectivity index (χ0v) is 14.4. The Hall–Kier alpha value is -1.39. The molecule has 3 aliphatic rings. The van der Waals surface area contributed by atoms with E-state index in [2.05, 4.69) is 5.32 Å². The first-order valence-corrected chi connectivity index (χ1v) is 9.38. The van der Waals surface area contributed by atoms with Crippen LogP contribution >= 0.6 is 0 Å². The van der Waals surface area contributed by atoms with Crippen molar-refractivity contribution >= 4 is 5.91 Å². The van der Waals surface area contributed by atoms with Crippen molar-refractivity contribution < 1.29 is 9.90 Å². The van der Waals surface area contributed by atoms with Crippen LogP contribution in [0.4, 0.5) is 0 Å². The van der Waals surface area contributed by atoms with Crippen molar-refractivity contribution in [1.82, 2.24) is 10.2 Å². The highest BCUT2D eigenvalue weighted by Crippen LogP contribution is 2.52. The number of amides is 1. The summed E-state index contributed by atoms with van der Waals surface area (Å²) in [5.74, 6) is 1.97. The van der Waals surface area contributed by atoms with Crippen LogP contribution < -0.4 is 5.32 Å². The minimum atomic E-state index is -1.34. The number of hydrogen-bond acceptors (Lipinski definition) is 3. The summed E-state index contributed by atoms with van der Waals surface area (Å²) in [5.41, 5.74) is -0.568. The first kappa shape index (κ1) is 16.1. The summed E-state index contributed by atoms with van der Waals surface area (Å²) in [6.07, 6.45) is 4.12. The molecule has 0 bridgehead atoms. The van der Waals surface area contributed by atoms with Crippen molar-refractivity contribution in [2.75, 3.05) is 26.7 Å². The SMILES string of the molecule is CNCC1C2CN(C(=O)[C@](O)(c3ccccc3)C3CCCC3)CC12. The summed E-state index contributed by atoms with van der Waals surface area (Å²) < 4.78 is 0. The molecule has 24 heavy (non-hydrogen) atoms. The molecule has 4 heteroatoms. The van der Waals surface area contributed by atoms with Gasteiger partial charge in [0, 0.05) is 19.0 Å². The number of piperidine rings is 1. The van der Waals surface area contributed by atoms with Gasteiger partial charge in [-0.1, -0.05) is 43.2 Å². The van der Waals surface area contributed by atoms with Gasteiger partial charge in [-0.3, -0.25) is 4.79 Å². The van der Waals surface area contributed by atoms with E-state index >= 15 is 0 Å². The smallest absolute Gasteiger partial charge is 0.259 e. The quantitative estimate of drug-likeness (QED) is 0.869. The van der Waals surface area contributed by atoms with Crippen LogP contribution in [0.2, 0.25) is 0 Å². The van der Waals surface area contributed by atoms with Gasteiger partial charge in [-0.2, -0.15) is 0 Å². The van der Waals surface area contributed by atoms with Crippen LogP contribution in [0.1, 0.15) is 31.2 Å². The van der Waals surface area contributed by atoms with Crippen molar-refractivity contribution in [2.24, 2.45) is 23.7 Å². The van der Waals surface area contributed by atoms with Gasteiger partial charge in [0.1, 0.15) is 0 Å². The summed E-state index contributed by atoms with van der Waals surface area (Å²) in [5, 5.41) is 14.8. The molecule has 3 fully saturated rings. The predicted molar refractivity (Wildman–Crippen MR) is 93.3 cm³/mol. The minimum absolute atomic E-state index is 0.0532. The molecule has 2 N–H and O–H groups in total. The number of nitrogens with zero attached hydrogens (tertiary/aromatic N) is 1. The average Bonchev–Trinajstić information content (AvgIpc) is 3.07. The maximum atomic E-state index is 13.3. The third kappa shape index (κ3) is 2.47. The molecule has 1 heterocycles. The predicted octanol–water partition coefficient (Wildman–Crippen LogP) is 1.99. The Bertz CT molecular complexity index is 587. The topological polar surface area (TPSA) is 52.6 Å². The van der Waals surface area contributed by atoms with E-state index in [1.807, 2.05) is 42.3 Å². The normalized spacial score (nSPS) is 31.8. The lowest BCUT2D eigenvalue weighted by Crippen LogP contribution is -2.51. The Labute approximate surface area is 144 Å². The van der Waals surface area contributed by atoms with E-state index in [9.17, 15) is 9.90 Å². The summed E-state index contributed by atoms with van der Waals surface area (Å²) >= 11 is 0. The van der Waals surface area contributed by atoms with Crippen molar-refractivity contribution in [2.45, 2.75) is 31.3 Å². The van der Waals surface area contributed by atoms with Crippen LogP contribution in [0.25, 0.3) is 0 Å². The fraction of sp³-hybridized carbons (Fsp3) is 0.650. The van der Waals surface area contributed by atoms with Gasteiger partial charge in [0.25, 0.3) is 5.91 Å². The van der Waals surface area contributed by atoms with Crippen LogP contribution in [0.15, 0.2) is 30.3 Å². The molecule has 2 aliphatic carbocycles. The van der Waals surface area contributed by atoms with Gasteiger partial charge in [0.05, 0.1) is 0 Å². The molecule has 130 valence electrons. The number of rotatable bonds is 5. The second-order valence-corrected chi connectivity index (χ2v) is 7.87. The summed E-state index contributed by atoms with van der Waals surface area (Å²) in [6.45, 7) is 2.68. The minimum Gasteiger partial charge on any atom is -0.375 e. The first-order valence-electron chi connectivity index (χ1n) is 9.38. The summed E-state index contributed by atoms with van der Waals surface area (Å²) in [4.78, 5) is 15.3. The van der Waals surface area contributed by atoms with Crippen molar-refractivity contribution in [3.05, 3.63) is 35.9 Å². The Morgan fingerprint density at radius 2 is 1.83 bits per heavy atom. The van der Waals surface area contributed by atoms with Gasteiger partial charge >= 0.3 is 0 Å². The standard InChI is InChI=1S/C20H28N2O2/c1-21-11-16-17-12-22(13-18(16)17)19(23)20(24,15-9-5-6-10-15)14-7-3-2-4-8-14/h2-4,7-8,15-18,21,24H,5-6,9-13H2,1H3/t16?,17?,18?,20-/m0/s1. The Balaban J connectivity index is 1.55. The number of carbonyl (C=O) groups is 1. The zero-order valence-electron chi connectivity index (χ0n) is 14.4. The lowest BCUT2D eigenvalue weighted by Gasteiger charge is -2.37. The van der Waals surface area contributed by atoms with E-state index in [1.165, 1.54) is 0 Å². The van der Waals surface area contributed by atoms with E-state index in [0.717, 1.165) is 56.8 Å². The fourth-order valence-corrected chi connectivity index (χ4v) is 5.16. The van der Waals surface area contributed by atoms with Crippen LogP contribution in [0, 0.1) is 23.7 Å². The van der Waals surface area contributed by atoms with Gasteiger partial charge in [-0.15, -0.1) is 0 Å². The second kappa shape index (κ2) is 6.16. The van der Waals surface area contributed by atoms with Crippen molar-refractivity contribution in [3.63, 3.8) is 0 Å². The molecule has 4 nitrogen and oxygen atoms in total. The third-order valence-corrected chi connectivity index (χ3v) is 6.58. The Morgan fingerprint density at radius 1 is 1.21 bits per heavy atom. The molecule has 0 aromatic heterocycles. The Kier molecular flexibility index (Phi) is 4.13. The van der Waals surface area contributed by atoms with E-state index in [-0.39, 0.29) is 11.8 Å². The molecular formula is C20H28N2O2. The molecule has 1 aliphatic heterocycles. The van der Waals surface area contributed by atoms with E-state index in [0.29, 0.717) is 11.8 Å². The zero-order chi connectivity index (χ0) is 16.7. The molecule has 4 rings (SSSR count). The molecule has 0 spiro atoms. The maximum Gasteiger partial charge on any atom is 0.259 e. The number of fused-ring (bicyclic) bond motifs is 1. The van der Waals surface area contributed by atoms with E-state index in [1.54, 1.807) is 0 Å². The molecule has 0 radical (unpaired) electrons. The number of carbonyl (C=O) groups excluding carboxylic acids is 1. The van der Waals surface area contributed by atoms with Crippen LogP contribution in [0.3, 0.4) is 0 Å². The monoisotopic (exact) mass is 328 g/mol. The van der Waals surface area contributed by atoms with E-state index < -0.39 is 5.60 Å². The van der Waals surface area contributed by atoms with Crippen molar-refractivity contribution in [1.29, 1.82) is 0 Å². The van der Waals surface area contributed by atoms with Gasteiger partial charge in [0.2, 0.25) is 0 Å². The molecule has 2 saturated carbocycles. The largest absolute Gasteiger partial charge is 0.375 e. The highest BCUT2D eigenvalue weighted by atomic mass is 16.3. The molecule has 1 saturated heterocycles. The number of nitrogens with one attached hydrogen (secondary N) is 1. The third-order valence-electron chi connectivity index (χ3n) is 6.58.